The summed E-state index contributed by atoms with van der Waals surface area (Å²) < 4.78 is 12.0. The number of ether oxygens (including phenoxy) is 2. The van der Waals surface area contributed by atoms with E-state index in [4.69, 9.17) is 14.5 Å². The second-order valence-corrected chi connectivity index (χ2v) is 12.9. The number of carboxylic acid groups (broad SMARTS) is 1. The lowest BCUT2D eigenvalue weighted by Crippen LogP contribution is -2.39. The first-order valence-corrected chi connectivity index (χ1v) is 14.2. The van der Waals surface area contributed by atoms with Crippen molar-refractivity contribution in [2.24, 2.45) is 5.41 Å². The Labute approximate surface area is 243 Å². The van der Waals surface area contributed by atoms with Crippen LogP contribution in [-0.2, 0) is 15.1 Å². The number of hydrogen-bond donors (Lipinski definition) is 2. The molecule has 0 aliphatic carbocycles. The average Bonchev–Trinajstić information content (AvgIpc) is 2.91. The van der Waals surface area contributed by atoms with Crippen LogP contribution in [0.5, 0.6) is 5.75 Å². The highest BCUT2D eigenvalue weighted by molar-refractivity contribution is 5.85. The van der Waals surface area contributed by atoms with Crippen LogP contribution in [0.3, 0.4) is 0 Å². The van der Waals surface area contributed by atoms with Crippen molar-refractivity contribution in [2.45, 2.75) is 78.6 Å². The van der Waals surface area contributed by atoms with Gasteiger partial charge in [0.05, 0.1) is 23.2 Å². The van der Waals surface area contributed by atoms with Crippen LogP contribution in [0.4, 0.5) is 5.69 Å². The molecular formula is C33H43N3O5. The molecule has 1 aromatic carbocycles. The molecule has 0 radical (unpaired) electrons. The van der Waals surface area contributed by atoms with Crippen molar-refractivity contribution in [3.05, 3.63) is 71.7 Å². The van der Waals surface area contributed by atoms with Gasteiger partial charge in [0.25, 0.3) is 0 Å². The molecule has 1 saturated heterocycles. The van der Waals surface area contributed by atoms with Crippen molar-refractivity contribution in [1.29, 1.82) is 0 Å². The molecule has 0 spiro atoms. The molecule has 4 rings (SSSR count). The van der Waals surface area contributed by atoms with Crippen LogP contribution in [0.2, 0.25) is 0 Å². The first-order valence-electron chi connectivity index (χ1n) is 14.2. The number of rotatable bonds is 9. The molecule has 2 aromatic heterocycles. The molecule has 220 valence electrons. The predicted molar refractivity (Wildman–Crippen MR) is 160 cm³/mol. The summed E-state index contributed by atoms with van der Waals surface area (Å²) in [5, 5.41) is 21.2. The van der Waals surface area contributed by atoms with Gasteiger partial charge in [-0.25, -0.2) is 4.79 Å². The SMILES string of the molecule is Cc1ncc(-c2ccc(OC[C@@](C)(O)c3ccccc3)cn2)c(N2CCC(C)(C)CC2)c1[C@H](OC(C)(C)C)C(=O)O. The van der Waals surface area contributed by atoms with E-state index in [0.717, 1.165) is 42.7 Å². The van der Waals surface area contributed by atoms with Gasteiger partial charge in [-0.05, 0) is 70.6 Å². The number of aryl methyl sites for hydroxylation is 1. The monoisotopic (exact) mass is 561 g/mol. The zero-order valence-electron chi connectivity index (χ0n) is 25.3. The van der Waals surface area contributed by atoms with Crippen molar-refractivity contribution >= 4 is 11.7 Å². The zero-order chi connectivity index (χ0) is 30.0. The summed E-state index contributed by atoms with van der Waals surface area (Å²) in [6, 6.07) is 13.1. The molecule has 2 N–H and O–H groups in total. The number of benzene rings is 1. The van der Waals surface area contributed by atoms with E-state index in [9.17, 15) is 15.0 Å². The molecule has 3 aromatic rings. The average molecular weight is 562 g/mol. The number of hydrogen-bond acceptors (Lipinski definition) is 7. The Kier molecular flexibility index (Phi) is 8.76. The number of aliphatic carboxylic acids is 1. The Hall–Kier alpha value is -3.49. The molecule has 1 aliphatic rings. The minimum Gasteiger partial charge on any atom is -0.489 e. The highest BCUT2D eigenvalue weighted by Crippen LogP contribution is 2.43. The maximum atomic E-state index is 12.6. The second-order valence-electron chi connectivity index (χ2n) is 12.9. The summed E-state index contributed by atoms with van der Waals surface area (Å²) in [6.45, 7) is 15.3. The number of piperidine rings is 1. The van der Waals surface area contributed by atoms with Crippen LogP contribution in [0, 0.1) is 12.3 Å². The Morgan fingerprint density at radius 2 is 1.68 bits per heavy atom. The maximum absolute atomic E-state index is 12.6. The lowest BCUT2D eigenvalue weighted by atomic mass is 9.82. The third-order valence-corrected chi connectivity index (χ3v) is 7.61. The van der Waals surface area contributed by atoms with E-state index >= 15 is 0 Å². The third kappa shape index (κ3) is 7.43. The number of aliphatic hydroxyl groups is 1. The number of carboxylic acids is 1. The molecule has 0 bridgehead atoms. The standard InChI is InChI=1S/C33H43N3O5/c1-22-27(29(30(37)38)41-31(2,3)4)28(36-17-15-32(5,6)16-18-36)25(20-34-22)26-14-13-24(19-35-26)40-21-33(7,39)23-11-9-8-10-12-23/h8-14,19-20,29,39H,15-18,21H2,1-7H3,(H,37,38)/t29-,33+/m0/s1. The maximum Gasteiger partial charge on any atom is 0.337 e. The first kappa shape index (κ1) is 30.5. The van der Waals surface area contributed by atoms with Gasteiger partial charge in [0.15, 0.2) is 6.10 Å². The Balaban J connectivity index is 1.71. The quantitative estimate of drug-likeness (QED) is 0.313. The third-order valence-electron chi connectivity index (χ3n) is 7.61. The van der Waals surface area contributed by atoms with Crippen LogP contribution >= 0.6 is 0 Å². The molecule has 0 unspecified atom stereocenters. The fourth-order valence-electron chi connectivity index (χ4n) is 5.10. The van der Waals surface area contributed by atoms with Crippen LogP contribution < -0.4 is 9.64 Å². The fourth-order valence-corrected chi connectivity index (χ4v) is 5.10. The van der Waals surface area contributed by atoms with Crippen molar-refractivity contribution in [2.75, 3.05) is 24.6 Å². The zero-order valence-corrected chi connectivity index (χ0v) is 25.3. The lowest BCUT2D eigenvalue weighted by Gasteiger charge is -2.40. The number of aromatic nitrogens is 2. The minimum absolute atomic E-state index is 0.0630. The van der Waals surface area contributed by atoms with Crippen LogP contribution in [-0.4, -0.2) is 51.4 Å². The number of anilines is 1. The molecule has 3 heterocycles. The Morgan fingerprint density at radius 1 is 1.02 bits per heavy atom. The molecule has 8 nitrogen and oxygen atoms in total. The van der Waals surface area contributed by atoms with Gasteiger partial charge in [-0.3, -0.25) is 9.97 Å². The van der Waals surface area contributed by atoms with E-state index in [-0.39, 0.29) is 12.0 Å². The van der Waals surface area contributed by atoms with E-state index in [1.165, 1.54) is 0 Å². The summed E-state index contributed by atoms with van der Waals surface area (Å²) in [7, 11) is 0. The van der Waals surface area contributed by atoms with E-state index in [1.54, 1.807) is 19.3 Å². The van der Waals surface area contributed by atoms with E-state index in [1.807, 2.05) is 70.2 Å². The lowest BCUT2D eigenvalue weighted by molar-refractivity contribution is -0.160. The highest BCUT2D eigenvalue weighted by atomic mass is 16.5. The Bertz CT molecular complexity index is 1340. The summed E-state index contributed by atoms with van der Waals surface area (Å²) >= 11 is 0. The molecule has 0 amide bonds. The molecule has 1 aliphatic heterocycles. The van der Waals surface area contributed by atoms with Crippen molar-refractivity contribution in [3.63, 3.8) is 0 Å². The van der Waals surface area contributed by atoms with Crippen molar-refractivity contribution in [3.8, 4) is 17.0 Å². The van der Waals surface area contributed by atoms with E-state index in [0.29, 0.717) is 22.7 Å². The van der Waals surface area contributed by atoms with Gasteiger partial charge < -0.3 is 24.6 Å². The van der Waals surface area contributed by atoms with Crippen LogP contribution in [0.25, 0.3) is 11.3 Å². The predicted octanol–water partition coefficient (Wildman–Crippen LogP) is 6.31. The number of pyridine rings is 2. The van der Waals surface area contributed by atoms with Gasteiger partial charge in [-0.1, -0.05) is 44.2 Å². The van der Waals surface area contributed by atoms with Crippen LogP contribution in [0.15, 0.2) is 54.9 Å². The molecule has 2 atom stereocenters. The largest absolute Gasteiger partial charge is 0.489 e. The molecule has 1 fully saturated rings. The molecule has 41 heavy (non-hydrogen) atoms. The normalized spacial score (nSPS) is 17.5. The smallest absolute Gasteiger partial charge is 0.337 e. The Morgan fingerprint density at radius 3 is 2.24 bits per heavy atom. The molecular weight excluding hydrogens is 518 g/mol. The highest BCUT2D eigenvalue weighted by Gasteiger charge is 2.36. The van der Waals surface area contributed by atoms with Gasteiger partial charge in [0.2, 0.25) is 0 Å². The van der Waals surface area contributed by atoms with Gasteiger partial charge >= 0.3 is 5.97 Å². The number of carbonyl (C=O) groups is 1. The molecule has 0 saturated carbocycles. The summed E-state index contributed by atoms with van der Waals surface area (Å²) in [5.74, 6) is -0.534. The summed E-state index contributed by atoms with van der Waals surface area (Å²) in [6.07, 6.45) is 4.17. The summed E-state index contributed by atoms with van der Waals surface area (Å²) in [4.78, 5) is 24.2. The van der Waals surface area contributed by atoms with E-state index in [2.05, 4.69) is 23.7 Å². The summed E-state index contributed by atoms with van der Waals surface area (Å²) in [5.41, 5.74) is 2.52. The molecule has 8 heteroatoms. The van der Waals surface area contributed by atoms with Crippen LogP contribution in [0.1, 0.15) is 77.3 Å². The van der Waals surface area contributed by atoms with Crippen molar-refractivity contribution < 1.29 is 24.5 Å². The minimum atomic E-state index is -1.18. The van der Waals surface area contributed by atoms with E-state index < -0.39 is 23.3 Å². The first-order chi connectivity index (χ1) is 19.2. The number of nitrogens with zero attached hydrogens (tertiary/aromatic N) is 3. The van der Waals surface area contributed by atoms with Gasteiger partial charge in [0, 0.05) is 36.1 Å². The van der Waals surface area contributed by atoms with Gasteiger partial charge in [0.1, 0.15) is 18.0 Å². The second kappa shape index (κ2) is 11.8. The topological polar surface area (TPSA) is 105 Å². The fraction of sp³-hybridized carbons (Fsp3) is 0.485. The van der Waals surface area contributed by atoms with Crippen molar-refractivity contribution in [1.82, 2.24) is 9.97 Å². The van der Waals surface area contributed by atoms with Gasteiger partial charge in [-0.2, -0.15) is 0 Å². The van der Waals surface area contributed by atoms with Gasteiger partial charge in [-0.15, -0.1) is 0 Å².